The molecule has 0 aromatic heterocycles. The summed E-state index contributed by atoms with van der Waals surface area (Å²) < 4.78 is 0. The van der Waals surface area contributed by atoms with Crippen molar-refractivity contribution in [2.45, 2.75) is 38.2 Å². The van der Waals surface area contributed by atoms with Crippen molar-refractivity contribution in [3.8, 4) is 0 Å². The number of rotatable bonds is 2. The van der Waals surface area contributed by atoms with Crippen molar-refractivity contribution in [3.05, 3.63) is 0 Å². The molecule has 0 amide bonds. The molecule has 8 heavy (non-hydrogen) atoms. The Bertz CT molecular complexity index is 81.0. The van der Waals surface area contributed by atoms with Crippen LogP contribution in [-0.4, -0.2) is 19.3 Å². The Morgan fingerprint density at radius 3 is 2.12 bits per heavy atom. The van der Waals surface area contributed by atoms with E-state index in [1.54, 1.807) is 0 Å². The molecule has 1 saturated carbocycles. The lowest BCUT2D eigenvalue weighted by Crippen LogP contribution is -2.40. The summed E-state index contributed by atoms with van der Waals surface area (Å²) in [5.41, 5.74) is 0.334. The molecule has 0 aromatic rings. The molecule has 1 aliphatic rings. The van der Waals surface area contributed by atoms with Crippen molar-refractivity contribution in [1.82, 2.24) is 5.32 Å². The molecule has 0 spiro atoms. The second-order valence-electron chi connectivity index (χ2n) is 3.67. The zero-order valence-corrected chi connectivity index (χ0v) is 5.99. The SMILES string of the molecule is BC(C)(C)NC1CC1. The number of nitrogens with one attached hydrogen (secondary N) is 1. The molecule has 1 fully saturated rings. The van der Waals surface area contributed by atoms with Crippen LogP contribution in [0.5, 0.6) is 0 Å². The van der Waals surface area contributed by atoms with E-state index in [-0.39, 0.29) is 0 Å². The first kappa shape index (κ1) is 6.15. The van der Waals surface area contributed by atoms with Gasteiger partial charge in [0.25, 0.3) is 0 Å². The van der Waals surface area contributed by atoms with Crippen LogP contribution in [-0.2, 0) is 0 Å². The fraction of sp³-hybridized carbons (Fsp3) is 1.00. The topological polar surface area (TPSA) is 12.0 Å². The number of hydrogen-bond donors (Lipinski definition) is 1. The standard InChI is InChI=1S/C6H14BN/c1-6(2,7)8-5-3-4-5/h5,8H,3-4,7H2,1-2H3. The second-order valence-corrected chi connectivity index (χ2v) is 3.67. The van der Waals surface area contributed by atoms with E-state index in [4.69, 9.17) is 0 Å². The summed E-state index contributed by atoms with van der Waals surface area (Å²) in [7, 11) is 2.21. The second kappa shape index (κ2) is 1.76. The Kier molecular flexibility index (Phi) is 1.36. The molecular weight excluding hydrogens is 96.9 g/mol. The van der Waals surface area contributed by atoms with E-state index < -0.39 is 0 Å². The molecule has 1 N–H and O–H groups in total. The summed E-state index contributed by atoms with van der Waals surface area (Å²) in [5.74, 6) is 0. The molecule has 46 valence electrons. The van der Waals surface area contributed by atoms with E-state index in [2.05, 4.69) is 27.0 Å². The van der Waals surface area contributed by atoms with Crippen LogP contribution in [0.15, 0.2) is 0 Å². The molecule has 1 rings (SSSR count). The van der Waals surface area contributed by atoms with Gasteiger partial charge in [0, 0.05) is 6.04 Å². The van der Waals surface area contributed by atoms with Gasteiger partial charge in [-0.3, -0.25) is 0 Å². The molecule has 0 atom stereocenters. The van der Waals surface area contributed by atoms with Crippen LogP contribution < -0.4 is 5.32 Å². The summed E-state index contributed by atoms with van der Waals surface area (Å²) >= 11 is 0. The van der Waals surface area contributed by atoms with Crippen LogP contribution in [0.4, 0.5) is 0 Å². The summed E-state index contributed by atoms with van der Waals surface area (Å²) in [6.45, 7) is 4.43. The largest absolute Gasteiger partial charge is 0.317 e. The average Bonchev–Trinajstić information content (AvgIpc) is 2.12. The zero-order chi connectivity index (χ0) is 6.20. The van der Waals surface area contributed by atoms with Gasteiger partial charge in [-0.2, -0.15) is 0 Å². The minimum Gasteiger partial charge on any atom is -0.317 e. The maximum Gasteiger partial charge on any atom is 0.126 e. The smallest absolute Gasteiger partial charge is 0.126 e. The van der Waals surface area contributed by atoms with Crippen molar-refractivity contribution < 1.29 is 0 Å². The Hall–Kier alpha value is 0.0249. The van der Waals surface area contributed by atoms with Crippen LogP contribution in [0.2, 0.25) is 0 Å². The molecular formula is C6H14BN. The lowest BCUT2D eigenvalue weighted by molar-refractivity contribution is 0.526. The third-order valence-electron chi connectivity index (χ3n) is 1.21. The fourth-order valence-corrected chi connectivity index (χ4v) is 0.840. The molecule has 0 aliphatic heterocycles. The molecule has 0 heterocycles. The van der Waals surface area contributed by atoms with E-state index in [1.165, 1.54) is 12.8 Å². The van der Waals surface area contributed by atoms with Crippen molar-refractivity contribution >= 4 is 7.85 Å². The van der Waals surface area contributed by atoms with Crippen molar-refractivity contribution in [2.24, 2.45) is 0 Å². The zero-order valence-electron chi connectivity index (χ0n) is 5.99. The van der Waals surface area contributed by atoms with E-state index >= 15 is 0 Å². The highest BCUT2D eigenvalue weighted by Crippen LogP contribution is 2.20. The van der Waals surface area contributed by atoms with E-state index in [0.717, 1.165) is 6.04 Å². The number of hydrogen-bond acceptors (Lipinski definition) is 1. The van der Waals surface area contributed by atoms with Crippen LogP contribution in [0.25, 0.3) is 0 Å². The summed E-state index contributed by atoms with van der Waals surface area (Å²) in [6.07, 6.45) is 2.77. The van der Waals surface area contributed by atoms with E-state index in [9.17, 15) is 0 Å². The molecule has 2 heteroatoms. The first-order valence-electron chi connectivity index (χ1n) is 3.36. The summed E-state index contributed by atoms with van der Waals surface area (Å²) in [6, 6.07) is 0.843. The van der Waals surface area contributed by atoms with Gasteiger partial charge in [-0.25, -0.2) is 0 Å². The van der Waals surface area contributed by atoms with Gasteiger partial charge in [-0.15, -0.1) is 0 Å². The Morgan fingerprint density at radius 2 is 2.00 bits per heavy atom. The quantitative estimate of drug-likeness (QED) is 0.498. The first-order chi connectivity index (χ1) is 3.58. The van der Waals surface area contributed by atoms with Gasteiger partial charge in [0.2, 0.25) is 0 Å². The molecule has 1 nitrogen and oxygen atoms in total. The third kappa shape index (κ3) is 2.36. The Labute approximate surface area is 52.3 Å². The van der Waals surface area contributed by atoms with E-state index in [0.29, 0.717) is 5.44 Å². The Balaban J connectivity index is 2.16. The lowest BCUT2D eigenvalue weighted by Gasteiger charge is -2.19. The van der Waals surface area contributed by atoms with Gasteiger partial charge in [0.05, 0.1) is 0 Å². The van der Waals surface area contributed by atoms with Gasteiger partial charge in [0.1, 0.15) is 7.85 Å². The minimum atomic E-state index is 0.334. The predicted octanol–water partition coefficient (Wildman–Crippen LogP) is 0.108. The monoisotopic (exact) mass is 111 g/mol. The van der Waals surface area contributed by atoms with Crippen molar-refractivity contribution in [2.75, 3.05) is 0 Å². The highest BCUT2D eigenvalue weighted by molar-refractivity contribution is 6.14. The maximum atomic E-state index is 3.49. The van der Waals surface area contributed by atoms with Gasteiger partial charge in [-0.1, -0.05) is 13.8 Å². The van der Waals surface area contributed by atoms with Crippen LogP contribution in [0.1, 0.15) is 26.7 Å². The molecule has 0 radical (unpaired) electrons. The first-order valence-corrected chi connectivity index (χ1v) is 3.36. The van der Waals surface area contributed by atoms with Crippen LogP contribution >= 0.6 is 0 Å². The average molecular weight is 111 g/mol. The highest BCUT2D eigenvalue weighted by Gasteiger charge is 2.25. The summed E-state index contributed by atoms with van der Waals surface area (Å²) in [4.78, 5) is 0. The third-order valence-corrected chi connectivity index (χ3v) is 1.21. The maximum absolute atomic E-state index is 3.49. The summed E-state index contributed by atoms with van der Waals surface area (Å²) in [5, 5.41) is 3.49. The lowest BCUT2D eigenvalue weighted by atomic mass is 9.82. The molecule has 0 aromatic carbocycles. The molecule has 1 aliphatic carbocycles. The fourth-order valence-electron chi connectivity index (χ4n) is 0.840. The van der Waals surface area contributed by atoms with Gasteiger partial charge in [0.15, 0.2) is 0 Å². The molecule has 0 bridgehead atoms. The minimum absolute atomic E-state index is 0.334. The van der Waals surface area contributed by atoms with Gasteiger partial charge < -0.3 is 5.32 Å². The highest BCUT2D eigenvalue weighted by atomic mass is 15.0. The van der Waals surface area contributed by atoms with Gasteiger partial charge in [-0.05, 0) is 18.3 Å². The predicted molar refractivity (Wildman–Crippen MR) is 38.8 cm³/mol. The van der Waals surface area contributed by atoms with Gasteiger partial charge >= 0.3 is 0 Å². The molecule has 0 unspecified atom stereocenters. The van der Waals surface area contributed by atoms with E-state index in [1.807, 2.05) is 0 Å². The normalized spacial score (nSPS) is 21.2. The van der Waals surface area contributed by atoms with Crippen molar-refractivity contribution in [1.29, 1.82) is 0 Å². The van der Waals surface area contributed by atoms with Crippen molar-refractivity contribution in [3.63, 3.8) is 0 Å². The Morgan fingerprint density at radius 1 is 1.50 bits per heavy atom. The van der Waals surface area contributed by atoms with Crippen LogP contribution in [0, 0.1) is 0 Å². The van der Waals surface area contributed by atoms with Crippen LogP contribution in [0.3, 0.4) is 0 Å². The molecule has 0 saturated heterocycles.